The van der Waals surface area contributed by atoms with Crippen LogP contribution in [0.1, 0.15) is 54.9 Å². The molecule has 2 heterocycles. The lowest BCUT2D eigenvalue weighted by atomic mass is 9.96. The van der Waals surface area contributed by atoms with Gasteiger partial charge in [-0.1, -0.05) is 19.3 Å². The maximum atomic E-state index is 12.8. The number of carbonyl (C=O) groups excluding carboxylic acids is 1. The normalized spacial score (nSPS) is 16.7. The van der Waals surface area contributed by atoms with Crippen LogP contribution in [0.25, 0.3) is 0 Å². The van der Waals surface area contributed by atoms with Crippen molar-refractivity contribution in [2.75, 3.05) is 0 Å². The molecule has 0 radical (unpaired) electrons. The van der Waals surface area contributed by atoms with E-state index in [1.165, 1.54) is 19.3 Å². The molecule has 0 N–H and O–H groups in total. The standard InChI is InChI=1S/C18H24N4O/c1-3-21-13-15(12-19-21)18(23)22-10-9-14(2)11-17(22)20-16-7-5-4-6-8-16/h9-13,16H,3-8H2,1-2H3. The van der Waals surface area contributed by atoms with Gasteiger partial charge >= 0.3 is 0 Å². The zero-order chi connectivity index (χ0) is 16.2. The number of pyridine rings is 1. The first-order chi connectivity index (χ1) is 11.2. The third kappa shape index (κ3) is 3.60. The Kier molecular flexibility index (Phi) is 4.74. The van der Waals surface area contributed by atoms with E-state index in [1.54, 1.807) is 21.6 Å². The lowest BCUT2D eigenvalue weighted by molar-refractivity contribution is 0.0954. The van der Waals surface area contributed by atoms with Crippen molar-refractivity contribution in [3.8, 4) is 0 Å². The summed E-state index contributed by atoms with van der Waals surface area (Å²) in [7, 11) is 0. The largest absolute Gasteiger partial charge is 0.272 e. The Labute approximate surface area is 136 Å². The average molecular weight is 312 g/mol. The van der Waals surface area contributed by atoms with Gasteiger partial charge in [-0.25, -0.2) is 0 Å². The van der Waals surface area contributed by atoms with Crippen molar-refractivity contribution in [3.63, 3.8) is 0 Å². The van der Waals surface area contributed by atoms with Crippen LogP contribution in [0, 0.1) is 6.92 Å². The lowest BCUT2D eigenvalue weighted by Crippen LogP contribution is -2.29. The van der Waals surface area contributed by atoms with Crippen LogP contribution >= 0.6 is 0 Å². The van der Waals surface area contributed by atoms with Crippen LogP contribution in [0.2, 0.25) is 0 Å². The van der Waals surface area contributed by atoms with Gasteiger partial charge in [-0.2, -0.15) is 5.10 Å². The Balaban J connectivity index is 1.98. The smallest absolute Gasteiger partial charge is 0.266 e. The van der Waals surface area contributed by atoms with Crippen LogP contribution in [0.3, 0.4) is 0 Å². The zero-order valence-corrected chi connectivity index (χ0v) is 13.9. The van der Waals surface area contributed by atoms with E-state index in [2.05, 4.69) is 5.10 Å². The quantitative estimate of drug-likeness (QED) is 0.875. The van der Waals surface area contributed by atoms with E-state index in [4.69, 9.17) is 4.99 Å². The summed E-state index contributed by atoms with van der Waals surface area (Å²) < 4.78 is 3.42. The average Bonchev–Trinajstić information content (AvgIpc) is 3.04. The summed E-state index contributed by atoms with van der Waals surface area (Å²) in [5.74, 6) is -0.0701. The summed E-state index contributed by atoms with van der Waals surface area (Å²) in [5, 5.41) is 4.20. The number of rotatable bonds is 3. The van der Waals surface area contributed by atoms with Gasteiger partial charge in [0.15, 0.2) is 0 Å². The van der Waals surface area contributed by atoms with Crippen LogP contribution in [-0.2, 0) is 6.54 Å². The highest BCUT2D eigenvalue weighted by Gasteiger charge is 2.15. The Morgan fingerprint density at radius 1 is 1.35 bits per heavy atom. The Morgan fingerprint density at radius 3 is 2.83 bits per heavy atom. The highest BCUT2D eigenvalue weighted by atomic mass is 16.2. The summed E-state index contributed by atoms with van der Waals surface area (Å²) in [4.78, 5) is 17.7. The SMILES string of the molecule is CCn1cc(C(=O)n2ccc(C)cc2=NC2CCCCC2)cn1. The number of hydrogen-bond acceptors (Lipinski definition) is 3. The molecular formula is C18H24N4O. The Hall–Kier alpha value is -2.17. The van der Waals surface area contributed by atoms with Gasteiger partial charge in [-0.3, -0.25) is 19.0 Å². The second-order valence-electron chi connectivity index (χ2n) is 6.24. The first-order valence-corrected chi connectivity index (χ1v) is 8.47. The van der Waals surface area contributed by atoms with Crippen LogP contribution in [-0.4, -0.2) is 26.3 Å². The van der Waals surface area contributed by atoms with E-state index in [9.17, 15) is 4.79 Å². The van der Waals surface area contributed by atoms with Crippen molar-refractivity contribution in [3.05, 3.63) is 47.3 Å². The fourth-order valence-corrected chi connectivity index (χ4v) is 3.04. The number of hydrogen-bond donors (Lipinski definition) is 0. The molecule has 5 heteroatoms. The van der Waals surface area contributed by atoms with Crippen LogP contribution in [0.4, 0.5) is 0 Å². The predicted molar refractivity (Wildman–Crippen MR) is 89.2 cm³/mol. The van der Waals surface area contributed by atoms with Gasteiger partial charge < -0.3 is 0 Å². The summed E-state index contributed by atoms with van der Waals surface area (Å²) >= 11 is 0. The van der Waals surface area contributed by atoms with Gasteiger partial charge in [0.05, 0.1) is 17.8 Å². The van der Waals surface area contributed by atoms with E-state index >= 15 is 0 Å². The van der Waals surface area contributed by atoms with Crippen LogP contribution in [0.5, 0.6) is 0 Å². The monoisotopic (exact) mass is 312 g/mol. The minimum absolute atomic E-state index is 0.0701. The molecule has 1 fully saturated rings. The van der Waals surface area contributed by atoms with Crippen molar-refractivity contribution in [1.82, 2.24) is 14.3 Å². The fraction of sp³-hybridized carbons (Fsp3) is 0.500. The molecular weight excluding hydrogens is 288 g/mol. The second-order valence-corrected chi connectivity index (χ2v) is 6.24. The first kappa shape index (κ1) is 15.7. The molecule has 0 atom stereocenters. The summed E-state index contributed by atoms with van der Waals surface area (Å²) in [6, 6.07) is 4.28. The van der Waals surface area contributed by atoms with Crippen molar-refractivity contribution in [2.45, 2.75) is 58.5 Å². The molecule has 1 saturated carbocycles. The van der Waals surface area contributed by atoms with E-state index in [1.807, 2.05) is 32.2 Å². The summed E-state index contributed by atoms with van der Waals surface area (Å²) in [5.41, 5.74) is 2.47. The predicted octanol–water partition coefficient (Wildman–Crippen LogP) is 2.93. The van der Waals surface area contributed by atoms with Crippen molar-refractivity contribution in [1.29, 1.82) is 0 Å². The topological polar surface area (TPSA) is 52.2 Å². The van der Waals surface area contributed by atoms with Crippen molar-refractivity contribution >= 4 is 5.91 Å². The first-order valence-electron chi connectivity index (χ1n) is 8.47. The van der Waals surface area contributed by atoms with E-state index < -0.39 is 0 Å². The molecule has 0 saturated heterocycles. The molecule has 3 rings (SSSR count). The minimum Gasteiger partial charge on any atom is -0.272 e. The van der Waals surface area contributed by atoms with Crippen molar-refractivity contribution in [2.24, 2.45) is 4.99 Å². The highest BCUT2D eigenvalue weighted by Crippen LogP contribution is 2.19. The van der Waals surface area contributed by atoms with Gasteiger partial charge in [-0.15, -0.1) is 0 Å². The second kappa shape index (κ2) is 6.94. The van der Waals surface area contributed by atoms with E-state index in [0.29, 0.717) is 11.6 Å². The third-order valence-electron chi connectivity index (χ3n) is 4.40. The molecule has 1 aliphatic rings. The van der Waals surface area contributed by atoms with Gasteiger partial charge in [-0.05, 0) is 44.4 Å². The van der Waals surface area contributed by atoms with Gasteiger partial charge in [0.1, 0.15) is 5.49 Å². The van der Waals surface area contributed by atoms with E-state index in [0.717, 1.165) is 30.4 Å². The number of nitrogens with zero attached hydrogens (tertiary/aromatic N) is 4. The van der Waals surface area contributed by atoms with E-state index in [-0.39, 0.29) is 5.91 Å². The molecule has 0 amide bonds. The van der Waals surface area contributed by atoms with Gasteiger partial charge in [0, 0.05) is 18.9 Å². The molecule has 122 valence electrons. The number of aromatic nitrogens is 3. The summed E-state index contributed by atoms with van der Waals surface area (Å²) in [6.45, 7) is 4.79. The molecule has 0 spiro atoms. The fourth-order valence-electron chi connectivity index (χ4n) is 3.04. The Bertz CT molecular complexity index is 750. The lowest BCUT2D eigenvalue weighted by Gasteiger charge is -2.18. The highest BCUT2D eigenvalue weighted by molar-refractivity contribution is 5.95. The molecule has 2 aromatic heterocycles. The minimum atomic E-state index is -0.0701. The molecule has 5 nitrogen and oxygen atoms in total. The maximum Gasteiger partial charge on any atom is 0.266 e. The molecule has 0 aromatic carbocycles. The third-order valence-corrected chi connectivity index (χ3v) is 4.40. The van der Waals surface area contributed by atoms with Crippen LogP contribution in [0.15, 0.2) is 35.7 Å². The number of carbonyl (C=O) groups is 1. The Morgan fingerprint density at radius 2 is 2.13 bits per heavy atom. The molecule has 0 unspecified atom stereocenters. The van der Waals surface area contributed by atoms with Gasteiger partial charge in [0.25, 0.3) is 5.91 Å². The maximum absolute atomic E-state index is 12.8. The van der Waals surface area contributed by atoms with Crippen LogP contribution < -0.4 is 5.49 Å². The van der Waals surface area contributed by atoms with Gasteiger partial charge in [0.2, 0.25) is 0 Å². The number of aryl methyl sites for hydroxylation is 2. The molecule has 0 aliphatic heterocycles. The molecule has 0 bridgehead atoms. The van der Waals surface area contributed by atoms with Crippen molar-refractivity contribution < 1.29 is 4.79 Å². The molecule has 1 aliphatic carbocycles. The molecule has 23 heavy (non-hydrogen) atoms. The zero-order valence-electron chi connectivity index (χ0n) is 13.9. The summed E-state index contributed by atoms with van der Waals surface area (Å²) in [6.07, 6.45) is 11.3. The molecule has 2 aromatic rings.